The van der Waals surface area contributed by atoms with Gasteiger partial charge in [-0.2, -0.15) is 0 Å². The van der Waals surface area contributed by atoms with Crippen LogP contribution in [0.5, 0.6) is 0 Å². The van der Waals surface area contributed by atoms with Crippen molar-refractivity contribution in [2.45, 2.75) is 57.1 Å². The van der Waals surface area contributed by atoms with E-state index in [-0.39, 0.29) is 11.1 Å². The summed E-state index contributed by atoms with van der Waals surface area (Å²) in [5.74, 6) is 0. The lowest BCUT2D eigenvalue weighted by Crippen LogP contribution is -2.57. The van der Waals surface area contributed by atoms with E-state index in [1.54, 1.807) is 6.07 Å². The lowest BCUT2D eigenvalue weighted by molar-refractivity contribution is 0.205. The molecule has 0 aliphatic heterocycles. The third-order valence-corrected chi connectivity index (χ3v) is 11.0. The number of rotatable bonds is 4. The summed E-state index contributed by atoms with van der Waals surface area (Å²) in [7, 11) is -1.88. The molecule has 1 aromatic carbocycles. The van der Waals surface area contributed by atoms with Crippen LogP contribution in [0, 0.1) is 0 Å². The Balaban J connectivity index is 2.85. The molecule has 1 unspecified atom stereocenters. The van der Waals surface area contributed by atoms with E-state index in [0.29, 0.717) is 16.5 Å². The van der Waals surface area contributed by atoms with Gasteiger partial charge in [0.25, 0.3) is 0 Å². The summed E-state index contributed by atoms with van der Waals surface area (Å²) in [6, 6.07) is 5.22. The highest BCUT2D eigenvalue weighted by Crippen LogP contribution is 2.39. The topological polar surface area (TPSA) is 46.2 Å². The summed E-state index contributed by atoms with van der Waals surface area (Å²) in [6.45, 7) is 10.9. The van der Waals surface area contributed by atoms with Crippen molar-refractivity contribution in [3.63, 3.8) is 0 Å². The third-order valence-electron chi connectivity index (χ3n) is 4.53. The van der Waals surface area contributed by atoms with Gasteiger partial charge in [-0.3, -0.25) is 0 Å². The Morgan fingerprint density at radius 3 is 2.20 bits per heavy atom. The maximum Gasteiger partial charge on any atom is 0.0885 e. The summed E-state index contributed by atoms with van der Waals surface area (Å²) < 4.78 is 0. The minimum atomic E-state index is -1.88. The van der Waals surface area contributed by atoms with Crippen molar-refractivity contribution in [2.75, 3.05) is 0 Å². The van der Waals surface area contributed by atoms with E-state index in [9.17, 15) is 5.11 Å². The maximum absolute atomic E-state index is 10.6. The molecule has 0 amide bonds. The first kappa shape index (κ1) is 18.0. The van der Waals surface area contributed by atoms with Crippen LogP contribution in [-0.2, 0) is 6.42 Å². The van der Waals surface area contributed by atoms with E-state index in [2.05, 4.69) is 33.9 Å². The van der Waals surface area contributed by atoms with E-state index in [1.807, 2.05) is 12.1 Å². The zero-order valence-corrected chi connectivity index (χ0v) is 15.4. The summed E-state index contributed by atoms with van der Waals surface area (Å²) in [6.07, 6.45) is 0.602. The summed E-state index contributed by atoms with van der Waals surface area (Å²) in [5, 5.41) is 11.8. The highest BCUT2D eigenvalue weighted by atomic mass is 35.5. The fourth-order valence-electron chi connectivity index (χ4n) is 2.03. The Morgan fingerprint density at radius 1 is 1.20 bits per heavy atom. The van der Waals surface area contributed by atoms with Crippen molar-refractivity contribution < 1.29 is 5.11 Å². The predicted octanol–water partition coefficient (Wildman–Crippen LogP) is 4.27. The lowest BCUT2D eigenvalue weighted by Gasteiger charge is -2.42. The van der Waals surface area contributed by atoms with Gasteiger partial charge in [0.1, 0.15) is 0 Å². The van der Waals surface area contributed by atoms with Gasteiger partial charge in [0.15, 0.2) is 0 Å². The second-order valence-electron chi connectivity index (χ2n) is 7.03. The van der Waals surface area contributed by atoms with E-state index in [4.69, 9.17) is 28.9 Å². The predicted molar refractivity (Wildman–Crippen MR) is 91.3 cm³/mol. The number of benzene rings is 1. The minimum Gasteiger partial charge on any atom is -0.395 e. The first-order valence-corrected chi connectivity index (χ1v) is 10.7. The van der Waals surface area contributed by atoms with Gasteiger partial charge < -0.3 is 10.8 Å². The number of nitrogens with two attached hydrogens (primary N) is 1. The molecule has 1 rings (SSSR count). The molecule has 20 heavy (non-hydrogen) atoms. The summed E-state index contributed by atoms with van der Waals surface area (Å²) >= 11 is 11.9. The molecular weight excluding hydrogens is 309 g/mol. The van der Waals surface area contributed by atoms with E-state index in [0.717, 1.165) is 5.56 Å². The smallest absolute Gasteiger partial charge is 0.0885 e. The standard InChI is InChI=1S/C15H25Cl2NOSi/c1-15(2,3)20(4,5)14(19)13(18)9-10-6-7-11(16)12(17)8-10/h6-8,13-14,19H,9,18H2,1-5H3/t13-,14?/m0/s1. The number of aliphatic hydroxyl groups excluding tert-OH is 1. The molecule has 3 N–H and O–H groups in total. The van der Waals surface area contributed by atoms with Crippen LogP contribution < -0.4 is 5.73 Å². The average molecular weight is 334 g/mol. The molecule has 0 spiro atoms. The summed E-state index contributed by atoms with van der Waals surface area (Å²) in [5.41, 5.74) is 6.77. The third kappa shape index (κ3) is 3.98. The Kier molecular flexibility index (Phi) is 5.73. The van der Waals surface area contributed by atoms with Crippen LogP contribution in [-0.4, -0.2) is 24.9 Å². The van der Waals surface area contributed by atoms with Crippen molar-refractivity contribution in [1.29, 1.82) is 0 Å². The van der Waals surface area contributed by atoms with Crippen LogP contribution in [0.25, 0.3) is 0 Å². The zero-order valence-electron chi connectivity index (χ0n) is 12.9. The van der Waals surface area contributed by atoms with Gasteiger partial charge in [-0.15, -0.1) is 0 Å². The SMILES string of the molecule is CC(C)(C)[Si](C)(C)C(O)[C@@H](N)Cc1ccc(Cl)c(Cl)c1. The summed E-state index contributed by atoms with van der Waals surface area (Å²) in [4.78, 5) is 0. The van der Waals surface area contributed by atoms with Crippen LogP contribution in [0.15, 0.2) is 18.2 Å². The first-order valence-electron chi connectivity index (χ1n) is 6.84. The maximum atomic E-state index is 10.6. The molecule has 114 valence electrons. The van der Waals surface area contributed by atoms with Gasteiger partial charge in [0.2, 0.25) is 0 Å². The molecule has 0 fully saturated rings. The lowest BCUT2D eigenvalue weighted by atomic mass is 10.1. The molecule has 0 heterocycles. The second-order valence-corrected chi connectivity index (χ2v) is 13.4. The number of hydrogen-bond donors (Lipinski definition) is 2. The van der Waals surface area contributed by atoms with Crippen LogP contribution in [0.4, 0.5) is 0 Å². The van der Waals surface area contributed by atoms with Crippen LogP contribution in [0.3, 0.4) is 0 Å². The van der Waals surface area contributed by atoms with Gasteiger partial charge in [0.05, 0.1) is 23.8 Å². The monoisotopic (exact) mass is 333 g/mol. The Labute approximate surface area is 133 Å². The molecule has 1 aromatic rings. The molecule has 0 aliphatic rings. The van der Waals surface area contributed by atoms with Gasteiger partial charge in [-0.25, -0.2) is 0 Å². The number of hydrogen-bond acceptors (Lipinski definition) is 2. The zero-order chi connectivity index (χ0) is 15.7. The first-order chi connectivity index (χ1) is 8.96. The Hall–Kier alpha value is -0.0631. The van der Waals surface area contributed by atoms with Gasteiger partial charge >= 0.3 is 0 Å². The molecule has 0 aliphatic carbocycles. The van der Waals surface area contributed by atoms with Gasteiger partial charge in [0, 0.05) is 6.04 Å². The number of halogens is 2. The van der Waals surface area contributed by atoms with E-state index >= 15 is 0 Å². The fraction of sp³-hybridized carbons (Fsp3) is 0.600. The van der Waals surface area contributed by atoms with Crippen molar-refractivity contribution in [3.05, 3.63) is 33.8 Å². The molecule has 0 radical (unpaired) electrons. The minimum absolute atomic E-state index is 0.0989. The largest absolute Gasteiger partial charge is 0.395 e. The Morgan fingerprint density at radius 2 is 1.75 bits per heavy atom. The molecular formula is C15H25Cl2NOSi. The second kappa shape index (κ2) is 6.37. The average Bonchev–Trinajstić information content (AvgIpc) is 2.31. The van der Waals surface area contributed by atoms with E-state index < -0.39 is 13.8 Å². The van der Waals surface area contributed by atoms with Crippen molar-refractivity contribution in [3.8, 4) is 0 Å². The van der Waals surface area contributed by atoms with Crippen molar-refractivity contribution >= 4 is 31.3 Å². The quantitative estimate of drug-likeness (QED) is 0.808. The van der Waals surface area contributed by atoms with Crippen molar-refractivity contribution in [2.24, 2.45) is 5.73 Å². The number of aliphatic hydroxyl groups is 1. The molecule has 2 atom stereocenters. The highest BCUT2D eigenvalue weighted by molar-refractivity contribution is 6.81. The molecule has 0 aromatic heterocycles. The highest BCUT2D eigenvalue weighted by Gasteiger charge is 2.43. The molecule has 0 saturated carbocycles. The van der Waals surface area contributed by atoms with Gasteiger partial charge in [-0.1, -0.05) is 63.1 Å². The normalized spacial score (nSPS) is 16.1. The fourth-order valence-corrected chi connectivity index (χ4v) is 4.43. The molecule has 0 saturated heterocycles. The molecule has 5 heteroatoms. The van der Waals surface area contributed by atoms with Gasteiger partial charge in [-0.05, 0) is 29.2 Å². The Bertz CT molecular complexity index is 471. The van der Waals surface area contributed by atoms with Crippen molar-refractivity contribution in [1.82, 2.24) is 0 Å². The van der Waals surface area contributed by atoms with Crippen LogP contribution in [0.2, 0.25) is 28.2 Å². The van der Waals surface area contributed by atoms with Crippen LogP contribution >= 0.6 is 23.2 Å². The van der Waals surface area contributed by atoms with E-state index in [1.165, 1.54) is 0 Å². The molecule has 0 bridgehead atoms. The van der Waals surface area contributed by atoms with Crippen LogP contribution in [0.1, 0.15) is 26.3 Å². The molecule has 2 nitrogen and oxygen atoms in total.